The third-order valence-corrected chi connectivity index (χ3v) is 3.42. The van der Waals surface area contributed by atoms with Gasteiger partial charge >= 0.3 is 6.36 Å². The molecule has 0 bridgehead atoms. The van der Waals surface area contributed by atoms with Crippen LogP contribution in [-0.2, 0) is 13.1 Å². The fourth-order valence-electron chi connectivity index (χ4n) is 2.23. The number of guanidine groups is 1. The van der Waals surface area contributed by atoms with Gasteiger partial charge in [-0.25, -0.2) is 9.98 Å². The first kappa shape index (κ1) is 20.3. The van der Waals surface area contributed by atoms with Crippen molar-refractivity contribution >= 4 is 5.96 Å². The number of alkyl halides is 3. The van der Waals surface area contributed by atoms with Crippen LogP contribution in [0.1, 0.15) is 18.1 Å². The fraction of sp³-hybridized carbons (Fsp3) is 0.333. The zero-order chi connectivity index (χ0) is 19.7. The molecule has 146 valence electrons. The lowest BCUT2D eigenvalue weighted by atomic mass is 10.2. The Morgan fingerprint density at radius 3 is 2.67 bits per heavy atom. The van der Waals surface area contributed by atoms with Crippen LogP contribution in [0.4, 0.5) is 13.2 Å². The standard InChI is InChI=1S/C18H21F3N4O2/c1-3-22-17(24-11-13-8-9-23-16(10-13)26-2)25-12-14-6-4-5-7-15(14)27-18(19,20)21/h4-10H,3,11-12H2,1-2H3,(H2,22,24,25). The number of nitrogens with one attached hydrogen (secondary N) is 2. The maximum absolute atomic E-state index is 12.5. The molecule has 1 aromatic carbocycles. The van der Waals surface area contributed by atoms with Gasteiger partial charge in [0.1, 0.15) is 5.75 Å². The van der Waals surface area contributed by atoms with Crippen molar-refractivity contribution in [3.8, 4) is 11.6 Å². The predicted molar refractivity (Wildman–Crippen MR) is 95.6 cm³/mol. The Labute approximate surface area is 155 Å². The average molecular weight is 382 g/mol. The van der Waals surface area contributed by atoms with Crippen molar-refractivity contribution in [2.24, 2.45) is 4.99 Å². The normalized spacial score (nSPS) is 11.8. The van der Waals surface area contributed by atoms with E-state index in [9.17, 15) is 13.2 Å². The number of hydrogen-bond donors (Lipinski definition) is 2. The molecule has 2 rings (SSSR count). The van der Waals surface area contributed by atoms with Gasteiger partial charge in [-0.1, -0.05) is 18.2 Å². The summed E-state index contributed by atoms with van der Waals surface area (Å²) in [6.07, 6.45) is -3.12. The van der Waals surface area contributed by atoms with Crippen molar-refractivity contribution in [1.29, 1.82) is 0 Å². The molecule has 2 N–H and O–H groups in total. The monoisotopic (exact) mass is 382 g/mol. The van der Waals surface area contributed by atoms with E-state index in [1.165, 1.54) is 19.2 Å². The van der Waals surface area contributed by atoms with Crippen molar-refractivity contribution in [2.45, 2.75) is 26.4 Å². The summed E-state index contributed by atoms with van der Waals surface area (Å²) in [4.78, 5) is 8.45. The summed E-state index contributed by atoms with van der Waals surface area (Å²) < 4.78 is 46.7. The minimum atomic E-state index is -4.74. The van der Waals surface area contributed by atoms with Crippen LogP contribution in [0, 0.1) is 0 Å². The van der Waals surface area contributed by atoms with Gasteiger partial charge in [-0.2, -0.15) is 0 Å². The second-order valence-electron chi connectivity index (χ2n) is 5.41. The highest BCUT2D eigenvalue weighted by atomic mass is 19.4. The summed E-state index contributed by atoms with van der Waals surface area (Å²) in [6, 6.07) is 9.54. The van der Waals surface area contributed by atoms with Crippen LogP contribution in [0.5, 0.6) is 11.6 Å². The minimum absolute atomic E-state index is 0.123. The fourth-order valence-corrected chi connectivity index (χ4v) is 2.23. The summed E-state index contributed by atoms with van der Waals surface area (Å²) in [5.41, 5.74) is 1.26. The second kappa shape index (κ2) is 9.65. The van der Waals surface area contributed by atoms with Gasteiger partial charge in [-0.05, 0) is 24.6 Å². The molecule has 0 amide bonds. The molecular formula is C18H21F3N4O2. The molecule has 0 saturated carbocycles. The molecule has 0 atom stereocenters. The Balaban J connectivity index is 2.06. The number of methoxy groups -OCH3 is 1. The third-order valence-electron chi connectivity index (χ3n) is 3.42. The number of para-hydroxylation sites is 1. The summed E-state index contributed by atoms with van der Waals surface area (Å²) >= 11 is 0. The number of benzene rings is 1. The van der Waals surface area contributed by atoms with Crippen LogP contribution in [0.15, 0.2) is 47.6 Å². The maximum atomic E-state index is 12.5. The largest absolute Gasteiger partial charge is 0.573 e. The quantitative estimate of drug-likeness (QED) is 0.568. The number of ether oxygens (including phenoxy) is 2. The molecule has 0 spiro atoms. The smallest absolute Gasteiger partial charge is 0.481 e. The highest BCUT2D eigenvalue weighted by Crippen LogP contribution is 2.26. The van der Waals surface area contributed by atoms with Crippen LogP contribution in [0.3, 0.4) is 0 Å². The van der Waals surface area contributed by atoms with Gasteiger partial charge in [-0.15, -0.1) is 13.2 Å². The molecule has 6 nitrogen and oxygen atoms in total. The number of hydrogen-bond acceptors (Lipinski definition) is 4. The highest BCUT2D eigenvalue weighted by molar-refractivity contribution is 5.79. The summed E-state index contributed by atoms with van der Waals surface area (Å²) in [7, 11) is 1.53. The van der Waals surface area contributed by atoms with Crippen LogP contribution < -0.4 is 20.1 Å². The summed E-state index contributed by atoms with van der Waals surface area (Å²) in [5.74, 6) is 0.709. The molecule has 0 unspecified atom stereocenters. The number of nitrogens with zero attached hydrogens (tertiary/aromatic N) is 2. The Hall–Kier alpha value is -2.97. The molecule has 2 aromatic rings. The summed E-state index contributed by atoms with van der Waals surface area (Å²) in [6.45, 7) is 2.98. The highest BCUT2D eigenvalue weighted by Gasteiger charge is 2.31. The number of aliphatic imine (C=N–C) groups is 1. The molecule has 0 aliphatic rings. The van der Waals surface area contributed by atoms with E-state index in [2.05, 4.69) is 25.3 Å². The molecule has 0 aliphatic heterocycles. The maximum Gasteiger partial charge on any atom is 0.573 e. The molecule has 0 aliphatic carbocycles. The van der Waals surface area contributed by atoms with Crippen LogP contribution in [0.2, 0.25) is 0 Å². The predicted octanol–water partition coefficient (Wildman–Crippen LogP) is 3.24. The number of aromatic nitrogens is 1. The van der Waals surface area contributed by atoms with E-state index in [1.54, 1.807) is 24.4 Å². The van der Waals surface area contributed by atoms with Crippen molar-refractivity contribution in [1.82, 2.24) is 15.6 Å². The van der Waals surface area contributed by atoms with Gasteiger partial charge in [0.15, 0.2) is 5.96 Å². The van der Waals surface area contributed by atoms with E-state index >= 15 is 0 Å². The second-order valence-corrected chi connectivity index (χ2v) is 5.41. The first-order valence-corrected chi connectivity index (χ1v) is 8.26. The Kier molecular flexibility index (Phi) is 7.27. The van der Waals surface area contributed by atoms with E-state index in [4.69, 9.17) is 4.74 Å². The van der Waals surface area contributed by atoms with Crippen molar-refractivity contribution in [3.05, 3.63) is 53.7 Å². The Bertz CT molecular complexity index is 766. The molecule has 1 aromatic heterocycles. The van der Waals surface area contributed by atoms with Gasteiger partial charge < -0.3 is 20.1 Å². The van der Waals surface area contributed by atoms with Crippen LogP contribution >= 0.6 is 0 Å². The van der Waals surface area contributed by atoms with Crippen molar-refractivity contribution < 1.29 is 22.6 Å². The van der Waals surface area contributed by atoms with Crippen molar-refractivity contribution in [3.63, 3.8) is 0 Å². The minimum Gasteiger partial charge on any atom is -0.481 e. The van der Waals surface area contributed by atoms with E-state index in [0.29, 0.717) is 30.5 Å². The van der Waals surface area contributed by atoms with E-state index in [1.807, 2.05) is 13.0 Å². The van der Waals surface area contributed by atoms with E-state index < -0.39 is 6.36 Å². The van der Waals surface area contributed by atoms with Gasteiger partial charge in [0, 0.05) is 30.9 Å². The molecule has 0 radical (unpaired) electrons. The average Bonchev–Trinajstić information content (AvgIpc) is 2.64. The third kappa shape index (κ3) is 7.04. The Morgan fingerprint density at radius 1 is 1.19 bits per heavy atom. The lowest BCUT2D eigenvalue weighted by Gasteiger charge is -2.15. The lowest BCUT2D eigenvalue weighted by molar-refractivity contribution is -0.274. The molecule has 27 heavy (non-hydrogen) atoms. The number of pyridine rings is 1. The first-order chi connectivity index (χ1) is 12.9. The van der Waals surface area contributed by atoms with Gasteiger partial charge in [0.05, 0.1) is 13.7 Å². The molecule has 0 saturated heterocycles. The van der Waals surface area contributed by atoms with E-state index in [0.717, 1.165) is 5.56 Å². The first-order valence-electron chi connectivity index (χ1n) is 8.26. The van der Waals surface area contributed by atoms with Crippen molar-refractivity contribution in [2.75, 3.05) is 13.7 Å². The van der Waals surface area contributed by atoms with Gasteiger partial charge in [0.2, 0.25) is 5.88 Å². The number of rotatable bonds is 7. The van der Waals surface area contributed by atoms with Crippen LogP contribution in [-0.4, -0.2) is 31.0 Å². The SMILES string of the molecule is CCNC(=NCc1ccnc(OC)c1)NCc1ccccc1OC(F)(F)F. The molecule has 1 heterocycles. The zero-order valence-corrected chi connectivity index (χ0v) is 15.0. The van der Waals surface area contributed by atoms with Gasteiger partial charge in [0.25, 0.3) is 0 Å². The number of halogens is 3. The molecule has 9 heteroatoms. The zero-order valence-electron chi connectivity index (χ0n) is 15.0. The lowest BCUT2D eigenvalue weighted by Crippen LogP contribution is -2.37. The molecule has 0 fully saturated rings. The van der Waals surface area contributed by atoms with E-state index in [-0.39, 0.29) is 12.3 Å². The molecular weight excluding hydrogens is 361 g/mol. The Morgan fingerprint density at radius 2 is 1.96 bits per heavy atom. The summed E-state index contributed by atoms with van der Waals surface area (Å²) in [5, 5.41) is 6.06. The van der Waals surface area contributed by atoms with Gasteiger partial charge in [-0.3, -0.25) is 0 Å². The topological polar surface area (TPSA) is 67.8 Å². The van der Waals surface area contributed by atoms with Crippen LogP contribution in [0.25, 0.3) is 0 Å².